The van der Waals surface area contributed by atoms with E-state index in [0.29, 0.717) is 48.3 Å². The Balaban J connectivity index is 0.00000272. The van der Waals surface area contributed by atoms with Gasteiger partial charge in [0.2, 0.25) is 0 Å². The van der Waals surface area contributed by atoms with Gasteiger partial charge in [-0.3, -0.25) is 14.6 Å². The van der Waals surface area contributed by atoms with Gasteiger partial charge < -0.3 is 14.4 Å². The molecule has 0 N–H and O–H groups in total. The highest BCUT2D eigenvalue weighted by Gasteiger charge is 2.30. The third kappa shape index (κ3) is 4.05. The second-order valence-corrected chi connectivity index (χ2v) is 9.30. The van der Waals surface area contributed by atoms with Gasteiger partial charge in [-0.05, 0) is 18.2 Å². The maximum Gasteiger partial charge on any atom is 0.271 e. The predicted octanol–water partition coefficient (Wildman–Crippen LogP) is 1.94. The fourth-order valence-corrected chi connectivity index (χ4v) is 4.95. The fourth-order valence-electron chi connectivity index (χ4n) is 3.90. The number of piperazine rings is 1. The van der Waals surface area contributed by atoms with Gasteiger partial charge in [-0.2, -0.15) is 0 Å². The number of amides is 1. The van der Waals surface area contributed by atoms with Crippen molar-refractivity contribution in [3.8, 4) is 0 Å². The molecule has 164 valence electrons. The van der Waals surface area contributed by atoms with E-state index < -0.39 is 15.4 Å². The van der Waals surface area contributed by atoms with E-state index in [4.69, 9.17) is 0 Å². The van der Waals surface area contributed by atoms with Gasteiger partial charge in [0.25, 0.3) is 11.5 Å². The van der Waals surface area contributed by atoms with Crippen molar-refractivity contribution in [1.82, 2.24) is 14.5 Å². The smallest absolute Gasteiger partial charge is 0.271 e. The molecule has 31 heavy (non-hydrogen) atoms. The van der Waals surface area contributed by atoms with Gasteiger partial charge >= 0.3 is 0 Å². The zero-order valence-corrected chi connectivity index (χ0v) is 17.6. The molecule has 1 fully saturated rings. The summed E-state index contributed by atoms with van der Waals surface area (Å²) in [6.45, 7) is 1.68. The summed E-state index contributed by atoms with van der Waals surface area (Å²) in [5.41, 5.74) is 1.06. The summed E-state index contributed by atoms with van der Waals surface area (Å²) < 4.78 is 26.5. The molecule has 9 heteroatoms. The molecule has 3 heterocycles. The third-order valence-electron chi connectivity index (χ3n) is 5.40. The number of aryl methyl sites for hydroxylation is 1. The van der Waals surface area contributed by atoms with Crippen molar-refractivity contribution in [3.63, 3.8) is 0 Å². The van der Waals surface area contributed by atoms with E-state index in [-0.39, 0.29) is 18.2 Å². The molecule has 1 aliphatic rings. The van der Waals surface area contributed by atoms with Crippen LogP contribution in [0.15, 0.2) is 58.5 Å². The Hall–Kier alpha value is -3.20. The number of carbonyl (C=O) groups is 1. The van der Waals surface area contributed by atoms with Crippen molar-refractivity contribution in [2.24, 2.45) is 7.05 Å². The summed E-state index contributed by atoms with van der Waals surface area (Å²) >= 11 is 0. The number of sulfone groups is 1. The number of aromatic nitrogens is 2. The van der Waals surface area contributed by atoms with E-state index in [1.54, 1.807) is 36.3 Å². The lowest BCUT2D eigenvalue weighted by Gasteiger charge is -2.37. The van der Waals surface area contributed by atoms with Crippen molar-refractivity contribution in [2.45, 2.75) is 12.3 Å². The van der Waals surface area contributed by atoms with E-state index >= 15 is 0 Å². The number of hydrogen-bond donors (Lipinski definition) is 0. The van der Waals surface area contributed by atoms with Crippen LogP contribution < -0.4 is 10.5 Å². The Bertz CT molecular complexity index is 1280. The minimum Gasteiger partial charge on any atom is -0.366 e. The lowest BCUT2D eigenvalue weighted by atomic mass is 10.1. The summed E-state index contributed by atoms with van der Waals surface area (Å²) in [5.74, 6) is -0.111. The van der Waals surface area contributed by atoms with Crippen LogP contribution in [0.1, 0.15) is 17.8 Å². The predicted molar refractivity (Wildman–Crippen MR) is 121 cm³/mol. The van der Waals surface area contributed by atoms with Crippen LogP contribution in [-0.4, -0.2) is 61.2 Å². The van der Waals surface area contributed by atoms with Crippen molar-refractivity contribution >= 4 is 32.3 Å². The molecule has 0 bridgehead atoms. The summed E-state index contributed by atoms with van der Waals surface area (Å²) in [5, 5.41) is 0.701. The average molecular weight is 443 g/mol. The lowest BCUT2D eigenvalue weighted by Crippen LogP contribution is -2.49. The van der Waals surface area contributed by atoms with Gasteiger partial charge in [0.15, 0.2) is 14.7 Å². The Morgan fingerprint density at radius 2 is 1.71 bits per heavy atom. The highest BCUT2D eigenvalue weighted by molar-refractivity contribution is 7.90. The molecule has 0 radical (unpaired) electrons. The second-order valence-electron chi connectivity index (χ2n) is 7.35. The topological polar surface area (TPSA) is 92.6 Å². The number of anilines is 1. The van der Waals surface area contributed by atoms with Crippen LogP contribution in [0.4, 0.5) is 5.69 Å². The van der Waals surface area contributed by atoms with Crippen molar-refractivity contribution in [1.29, 1.82) is 0 Å². The van der Waals surface area contributed by atoms with Crippen LogP contribution in [0.5, 0.6) is 0 Å². The largest absolute Gasteiger partial charge is 0.366 e. The first-order chi connectivity index (χ1) is 14.3. The zero-order chi connectivity index (χ0) is 21.5. The number of para-hydroxylation sites is 1. The van der Waals surface area contributed by atoms with E-state index in [1.807, 2.05) is 23.1 Å². The van der Waals surface area contributed by atoms with Crippen molar-refractivity contribution < 1.29 is 13.2 Å². The molecule has 0 atom stereocenters. The fraction of sp³-hybridized carbons (Fsp3) is 0.318. The molecule has 1 saturated heterocycles. The van der Waals surface area contributed by atoms with E-state index in [1.165, 1.54) is 10.8 Å². The highest BCUT2D eigenvalue weighted by Crippen LogP contribution is 2.32. The van der Waals surface area contributed by atoms with E-state index in [0.717, 1.165) is 6.26 Å². The minimum absolute atomic E-state index is 0. The molecule has 1 amide bonds. The number of carbonyl (C=O) groups excluding carboxylic acids is 1. The minimum atomic E-state index is -3.76. The molecular weight excluding hydrogens is 416 g/mol. The van der Waals surface area contributed by atoms with E-state index in [2.05, 4.69) is 4.98 Å². The molecule has 0 spiro atoms. The number of fused-ring (bicyclic) bond motifs is 1. The number of nitrogens with zero attached hydrogens (tertiary/aromatic N) is 4. The molecule has 2 aromatic heterocycles. The molecule has 1 aromatic carbocycles. The summed E-state index contributed by atoms with van der Waals surface area (Å²) in [6.07, 6.45) is 4.21. The monoisotopic (exact) mass is 442 g/mol. The summed E-state index contributed by atoms with van der Waals surface area (Å²) in [7, 11) is -2.19. The SMILES string of the molecule is C.Cn1c(=O)c(S(C)(=O)=O)c(N2CCN(C(=O)c3cccnc3)CC2)c2ccccc21. The Labute approximate surface area is 181 Å². The Morgan fingerprint density at radius 1 is 1.03 bits per heavy atom. The van der Waals surface area contributed by atoms with Crippen LogP contribution in [0.2, 0.25) is 0 Å². The lowest BCUT2D eigenvalue weighted by molar-refractivity contribution is 0.0746. The number of benzene rings is 1. The van der Waals surface area contributed by atoms with Gasteiger partial charge in [-0.25, -0.2) is 8.42 Å². The molecule has 8 nitrogen and oxygen atoms in total. The summed E-state index contributed by atoms with van der Waals surface area (Å²) in [6, 6.07) is 10.7. The second kappa shape index (κ2) is 8.50. The molecule has 0 aliphatic carbocycles. The maximum absolute atomic E-state index is 12.9. The molecular formula is C22H26N4O4S. The maximum atomic E-state index is 12.9. The van der Waals surface area contributed by atoms with Gasteiger partial charge in [0, 0.05) is 57.3 Å². The molecule has 4 rings (SSSR count). The van der Waals surface area contributed by atoms with Crippen LogP contribution in [-0.2, 0) is 16.9 Å². The first kappa shape index (κ1) is 22.5. The third-order valence-corrected chi connectivity index (χ3v) is 6.51. The number of rotatable bonds is 3. The van der Waals surface area contributed by atoms with Crippen LogP contribution in [0.3, 0.4) is 0 Å². The molecule has 0 saturated carbocycles. The first-order valence-electron chi connectivity index (χ1n) is 9.55. The quantitative estimate of drug-likeness (QED) is 0.616. The first-order valence-corrected chi connectivity index (χ1v) is 11.4. The Kier molecular flexibility index (Phi) is 6.17. The number of hydrogen-bond acceptors (Lipinski definition) is 6. The van der Waals surface area contributed by atoms with Crippen LogP contribution in [0.25, 0.3) is 10.9 Å². The van der Waals surface area contributed by atoms with Crippen LogP contribution >= 0.6 is 0 Å². The standard InChI is InChI=1S/C21H22N4O4S.CH4/c1-23-17-8-4-3-7-16(17)18(19(21(23)27)30(2,28)29)24-10-12-25(13-11-24)20(26)15-6-5-9-22-14-15;/h3-9,14H,10-13H2,1-2H3;1H4. The molecule has 1 aliphatic heterocycles. The van der Waals surface area contributed by atoms with Gasteiger partial charge in [-0.15, -0.1) is 0 Å². The zero-order valence-electron chi connectivity index (χ0n) is 16.8. The molecule has 3 aromatic rings. The number of pyridine rings is 2. The molecule has 0 unspecified atom stereocenters. The summed E-state index contributed by atoms with van der Waals surface area (Å²) in [4.78, 5) is 33.0. The van der Waals surface area contributed by atoms with Crippen molar-refractivity contribution in [3.05, 3.63) is 64.7 Å². The Morgan fingerprint density at radius 3 is 2.32 bits per heavy atom. The van der Waals surface area contributed by atoms with Crippen molar-refractivity contribution in [2.75, 3.05) is 37.3 Å². The van der Waals surface area contributed by atoms with Gasteiger partial charge in [0.1, 0.15) is 0 Å². The average Bonchev–Trinajstić information content (AvgIpc) is 2.75. The van der Waals surface area contributed by atoms with E-state index in [9.17, 15) is 18.0 Å². The van der Waals surface area contributed by atoms with Gasteiger partial charge in [0.05, 0.1) is 16.8 Å². The normalized spacial score (nSPS) is 14.4. The highest BCUT2D eigenvalue weighted by atomic mass is 32.2. The van der Waals surface area contributed by atoms with Crippen LogP contribution in [0, 0.1) is 0 Å². The van der Waals surface area contributed by atoms with Gasteiger partial charge in [-0.1, -0.05) is 25.6 Å².